The van der Waals surface area contributed by atoms with Gasteiger partial charge in [0.25, 0.3) is 0 Å². The lowest BCUT2D eigenvalue weighted by Crippen LogP contribution is -2.61. The van der Waals surface area contributed by atoms with Crippen LogP contribution in [0.5, 0.6) is 0 Å². The van der Waals surface area contributed by atoms with Crippen molar-refractivity contribution in [2.75, 3.05) is 12.3 Å². The van der Waals surface area contributed by atoms with Crippen molar-refractivity contribution in [2.24, 2.45) is 5.92 Å². The van der Waals surface area contributed by atoms with E-state index in [0.29, 0.717) is 24.4 Å². The molecule has 0 saturated carbocycles. The minimum absolute atomic E-state index is 0.166. The quantitative estimate of drug-likeness (QED) is 0.104. The Morgan fingerprint density at radius 3 is 3.09 bits per heavy atom. The Balaban J connectivity index is 2.12. The second-order valence-electron chi connectivity index (χ2n) is 5.21. The predicted octanol–water partition coefficient (Wildman–Crippen LogP) is -1.07. The standard InChI is InChI=1S/C12H20BN4O4PS/c1-6(18)9-7-4-8(23-3-2-15-5-14)10(17(7)11(9)19)12(20)21-22-16-13/h5-7,9,16,18,22H,2-4,13H2,1H3,(H2,14,15)/t6-,7?,9?/m1/s1. The normalized spacial score (nSPS) is 24.6. The van der Waals surface area contributed by atoms with Crippen LogP contribution in [0.15, 0.2) is 10.6 Å². The van der Waals surface area contributed by atoms with Crippen LogP contribution in [0.1, 0.15) is 13.3 Å². The summed E-state index contributed by atoms with van der Waals surface area (Å²) in [4.78, 5) is 29.6. The number of aliphatic hydroxyl groups is 1. The van der Waals surface area contributed by atoms with Crippen LogP contribution in [0, 0.1) is 11.3 Å². The molecule has 23 heavy (non-hydrogen) atoms. The molecule has 2 rings (SSSR count). The molecule has 8 nitrogen and oxygen atoms in total. The number of fused-ring (bicyclic) bond motifs is 1. The van der Waals surface area contributed by atoms with E-state index in [4.69, 9.17) is 9.93 Å². The van der Waals surface area contributed by atoms with Gasteiger partial charge in [0.2, 0.25) is 5.91 Å². The molecule has 126 valence electrons. The lowest BCUT2D eigenvalue weighted by molar-refractivity contribution is -0.160. The first kappa shape index (κ1) is 18.3. The summed E-state index contributed by atoms with van der Waals surface area (Å²) in [5, 5.41) is 19.5. The SMILES string of the molecule is BNPOC(=O)C1=C(SCCNC=N)CC2C([C@@H](C)O)C(=O)N12. The monoisotopic (exact) mass is 358 g/mol. The average Bonchev–Trinajstić information content (AvgIpc) is 2.83. The lowest BCUT2D eigenvalue weighted by atomic mass is 9.83. The highest BCUT2D eigenvalue weighted by atomic mass is 32.2. The van der Waals surface area contributed by atoms with Crippen LogP contribution in [0.3, 0.4) is 0 Å². The topological polar surface area (TPSA) is 115 Å². The highest BCUT2D eigenvalue weighted by Crippen LogP contribution is 2.47. The van der Waals surface area contributed by atoms with Gasteiger partial charge in [0.15, 0.2) is 7.98 Å². The fourth-order valence-corrected chi connectivity index (χ4v) is 4.17. The molecule has 1 saturated heterocycles. The molecular formula is C12H20BN4O4PS. The van der Waals surface area contributed by atoms with Gasteiger partial charge in [0.05, 0.1) is 24.4 Å². The van der Waals surface area contributed by atoms with E-state index in [9.17, 15) is 14.7 Å². The molecule has 0 spiro atoms. The number of hydrogen-bond acceptors (Lipinski definition) is 7. The summed E-state index contributed by atoms with van der Waals surface area (Å²) >= 11 is 1.48. The van der Waals surface area contributed by atoms with Crippen molar-refractivity contribution in [3.63, 3.8) is 0 Å². The van der Waals surface area contributed by atoms with E-state index in [1.807, 2.05) is 0 Å². The Bertz CT molecular complexity index is 533. The van der Waals surface area contributed by atoms with Gasteiger partial charge in [-0.05, 0) is 6.92 Å². The number of aliphatic hydroxyl groups excluding tert-OH is 1. The highest BCUT2D eigenvalue weighted by Gasteiger charge is 2.56. The van der Waals surface area contributed by atoms with E-state index in [1.54, 1.807) is 14.9 Å². The first-order valence-electron chi connectivity index (χ1n) is 7.25. The molecule has 1 fully saturated rings. The van der Waals surface area contributed by atoms with Crippen LogP contribution in [0.2, 0.25) is 0 Å². The molecular weight excluding hydrogens is 338 g/mol. The molecule has 0 aromatic carbocycles. The average molecular weight is 358 g/mol. The van der Waals surface area contributed by atoms with Crippen LogP contribution >= 0.6 is 20.7 Å². The molecule has 4 atom stereocenters. The molecule has 2 aliphatic rings. The van der Waals surface area contributed by atoms with Crippen LogP contribution in [-0.4, -0.2) is 60.6 Å². The molecule has 11 heteroatoms. The molecule has 0 aromatic heterocycles. The first-order valence-corrected chi connectivity index (χ1v) is 9.14. The van der Waals surface area contributed by atoms with Gasteiger partial charge >= 0.3 is 5.97 Å². The van der Waals surface area contributed by atoms with Gasteiger partial charge in [-0.2, -0.15) is 0 Å². The maximum Gasteiger partial charge on any atom is 0.359 e. The minimum Gasteiger partial charge on any atom is -0.428 e. The van der Waals surface area contributed by atoms with E-state index in [0.717, 1.165) is 11.2 Å². The van der Waals surface area contributed by atoms with Crippen LogP contribution < -0.4 is 10.3 Å². The fourth-order valence-electron chi connectivity index (χ4n) is 2.80. The number of carbonyl (C=O) groups excluding carboxylic acids is 2. The van der Waals surface area contributed by atoms with Crippen molar-refractivity contribution in [1.82, 2.24) is 15.2 Å². The number of β-lactam (4-membered cyclic amide) rings is 1. The molecule has 0 aliphatic carbocycles. The largest absolute Gasteiger partial charge is 0.428 e. The number of amides is 1. The zero-order valence-electron chi connectivity index (χ0n) is 13.0. The summed E-state index contributed by atoms with van der Waals surface area (Å²) in [5.74, 6) is -0.524. The summed E-state index contributed by atoms with van der Waals surface area (Å²) in [7, 11) is 1.50. The van der Waals surface area contributed by atoms with Gasteiger partial charge < -0.3 is 24.8 Å². The summed E-state index contributed by atoms with van der Waals surface area (Å²) in [6.45, 7) is 2.19. The summed E-state index contributed by atoms with van der Waals surface area (Å²) in [6, 6.07) is -0.166. The van der Waals surface area contributed by atoms with Crippen molar-refractivity contribution in [3.05, 3.63) is 10.6 Å². The third-order valence-corrected chi connectivity index (χ3v) is 5.36. The van der Waals surface area contributed by atoms with Crippen molar-refractivity contribution < 1.29 is 19.2 Å². The highest BCUT2D eigenvalue weighted by molar-refractivity contribution is 8.03. The fraction of sp³-hybridized carbons (Fsp3) is 0.583. The molecule has 3 unspecified atom stereocenters. The number of nitrogens with zero attached hydrogens (tertiary/aromatic N) is 1. The van der Waals surface area contributed by atoms with Gasteiger partial charge in [-0.1, -0.05) is 0 Å². The zero-order valence-corrected chi connectivity index (χ0v) is 14.8. The van der Waals surface area contributed by atoms with E-state index in [-0.39, 0.29) is 20.9 Å². The van der Waals surface area contributed by atoms with Gasteiger partial charge in [-0.25, -0.2) is 4.79 Å². The predicted molar refractivity (Wildman–Crippen MR) is 92.8 cm³/mol. The Morgan fingerprint density at radius 2 is 2.48 bits per heavy atom. The van der Waals surface area contributed by atoms with E-state index >= 15 is 0 Å². The molecule has 4 N–H and O–H groups in total. The minimum atomic E-state index is -0.732. The van der Waals surface area contributed by atoms with Gasteiger partial charge in [0, 0.05) is 23.6 Å². The molecule has 1 amide bonds. The lowest BCUT2D eigenvalue weighted by Gasteiger charge is -2.44. The molecule has 0 radical (unpaired) electrons. The maximum absolute atomic E-state index is 12.3. The molecule has 2 heterocycles. The number of nitrogens with one attached hydrogen (secondary N) is 3. The second-order valence-corrected chi connectivity index (χ2v) is 7.30. The van der Waals surface area contributed by atoms with Crippen molar-refractivity contribution in [2.45, 2.75) is 25.5 Å². The molecule has 0 aromatic rings. The number of carbonyl (C=O) groups is 2. The van der Waals surface area contributed by atoms with Crippen molar-refractivity contribution in [1.29, 1.82) is 5.41 Å². The van der Waals surface area contributed by atoms with Crippen molar-refractivity contribution >= 4 is 46.9 Å². The van der Waals surface area contributed by atoms with Gasteiger partial charge in [-0.3, -0.25) is 10.2 Å². The smallest absolute Gasteiger partial charge is 0.359 e. The van der Waals surface area contributed by atoms with Gasteiger partial charge in [-0.15, -0.1) is 11.8 Å². The van der Waals surface area contributed by atoms with Crippen LogP contribution in [-0.2, 0) is 14.1 Å². The van der Waals surface area contributed by atoms with E-state index in [2.05, 4.69) is 10.3 Å². The Labute approximate surface area is 141 Å². The van der Waals surface area contributed by atoms with E-state index < -0.39 is 18.0 Å². The van der Waals surface area contributed by atoms with E-state index in [1.165, 1.54) is 16.7 Å². The third-order valence-electron chi connectivity index (χ3n) is 3.75. The molecule has 0 bridgehead atoms. The number of thioether (sulfide) groups is 1. The number of hydrogen-bond donors (Lipinski definition) is 4. The van der Waals surface area contributed by atoms with Gasteiger partial charge in [0.1, 0.15) is 14.7 Å². The Kier molecular flexibility index (Phi) is 6.46. The first-order chi connectivity index (χ1) is 11.0. The van der Waals surface area contributed by atoms with Crippen LogP contribution in [0.25, 0.3) is 0 Å². The summed E-state index contributed by atoms with van der Waals surface area (Å²) in [6.07, 6.45) is 0.945. The van der Waals surface area contributed by atoms with Crippen LogP contribution in [0.4, 0.5) is 0 Å². The molecule has 2 aliphatic heterocycles. The zero-order chi connectivity index (χ0) is 17.0. The summed E-state index contributed by atoms with van der Waals surface area (Å²) < 4.78 is 5.13. The Hall–Kier alpha value is -1.09. The Morgan fingerprint density at radius 1 is 1.74 bits per heavy atom. The third kappa shape index (κ3) is 3.71. The summed E-state index contributed by atoms with van der Waals surface area (Å²) in [5.41, 5.74) is 0.305. The maximum atomic E-state index is 12.3. The second kappa shape index (κ2) is 8.14. The van der Waals surface area contributed by atoms with Crippen molar-refractivity contribution in [3.8, 4) is 0 Å². The number of rotatable bonds is 9.